The molecule has 1 aromatic heterocycles. The van der Waals surface area contributed by atoms with Crippen LogP contribution < -0.4 is 15.0 Å². The summed E-state index contributed by atoms with van der Waals surface area (Å²) in [5, 5.41) is 0. The van der Waals surface area contributed by atoms with Crippen LogP contribution >= 0.6 is 0 Å². The van der Waals surface area contributed by atoms with Crippen LogP contribution in [0.5, 0.6) is 17.2 Å². The molecule has 0 amide bonds. The lowest BCUT2D eigenvalue weighted by Crippen LogP contribution is -2.14. The first kappa shape index (κ1) is 18.3. The highest BCUT2D eigenvalue weighted by molar-refractivity contribution is 5.69. The van der Waals surface area contributed by atoms with Crippen molar-refractivity contribution in [3.63, 3.8) is 0 Å². The zero-order chi connectivity index (χ0) is 18.7. The molecule has 1 heterocycles. The number of halogens is 3. The van der Waals surface area contributed by atoms with Crippen molar-refractivity contribution < 1.29 is 22.6 Å². The van der Waals surface area contributed by atoms with E-state index in [4.69, 9.17) is 16.0 Å². The fourth-order valence-corrected chi connectivity index (χ4v) is 2.25. The monoisotopic (exact) mass is 353 g/mol. The number of rotatable bonds is 5. The zero-order valence-electron chi connectivity index (χ0n) is 13.6. The van der Waals surface area contributed by atoms with E-state index in [-0.39, 0.29) is 28.4 Å². The average Bonchev–Trinajstić information content (AvgIpc) is 2.57. The second kappa shape index (κ2) is 7.25. The van der Waals surface area contributed by atoms with Crippen molar-refractivity contribution in [2.24, 2.45) is 0 Å². The largest absolute Gasteiger partial charge is 0.504 e. The lowest BCUT2D eigenvalue weighted by molar-refractivity contribution is 0.150. The fourth-order valence-electron chi connectivity index (χ4n) is 2.25. The van der Waals surface area contributed by atoms with Gasteiger partial charge in [-0.1, -0.05) is 0 Å². The molecule has 0 radical (unpaired) electrons. The van der Waals surface area contributed by atoms with Crippen molar-refractivity contribution in [1.82, 2.24) is 9.97 Å². The molecule has 9 heteroatoms. The number of ether oxygens (including phenoxy) is 2. The molecule has 132 valence electrons. The van der Waals surface area contributed by atoms with Gasteiger partial charge in [0, 0.05) is 11.1 Å². The van der Waals surface area contributed by atoms with E-state index in [1.165, 1.54) is 14.0 Å². The molecular formula is C16H14F3N3O3. The van der Waals surface area contributed by atoms with Crippen molar-refractivity contribution in [2.75, 3.05) is 7.11 Å². The maximum atomic E-state index is 13.7. The summed E-state index contributed by atoms with van der Waals surface area (Å²) in [4.78, 5) is 21.1. The summed E-state index contributed by atoms with van der Waals surface area (Å²) in [6.07, 6.45) is -3.51. The summed E-state index contributed by atoms with van der Waals surface area (Å²) in [6.45, 7) is 9.61. The van der Waals surface area contributed by atoms with E-state index in [1.807, 2.05) is 0 Å². The van der Waals surface area contributed by atoms with Gasteiger partial charge in [0.15, 0.2) is 11.5 Å². The molecule has 0 saturated carbocycles. The summed E-state index contributed by atoms with van der Waals surface area (Å²) in [6, 6.07) is 0.991. The SMILES string of the molecule is [C-]#[N+]c1cc(C(F)F)c(C)c(Oc2c(C(C)F)nc[nH]c2=O)c1OC. The lowest BCUT2D eigenvalue weighted by Gasteiger charge is -2.18. The van der Waals surface area contributed by atoms with E-state index < -0.39 is 29.5 Å². The van der Waals surface area contributed by atoms with Crippen LogP contribution in [0.15, 0.2) is 17.2 Å². The van der Waals surface area contributed by atoms with E-state index >= 15 is 0 Å². The molecule has 1 aromatic carbocycles. The Balaban J connectivity index is 2.75. The number of nitrogens with one attached hydrogen (secondary N) is 1. The summed E-state index contributed by atoms with van der Waals surface area (Å²) >= 11 is 0. The average molecular weight is 353 g/mol. The molecule has 25 heavy (non-hydrogen) atoms. The van der Waals surface area contributed by atoms with Gasteiger partial charge in [-0.15, -0.1) is 0 Å². The van der Waals surface area contributed by atoms with E-state index in [1.54, 1.807) is 0 Å². The van der Waals surface area contributed by atoms with Gasteiger partial charge in [-0.25, -0.2) is 23.0 Å². The standard InChI is InChI=1S/C16H14F3N3O3/c1-7-9(15(18)19)5-10(20-3)13(24-4)12(7)25-14-11(8(2)17)21-6-22-16(14)23/h5-6,8,15H,1-2,4H3,(H,21,22,23). The number of aromatic nitrogens is 2. The molecule has 0 aliphatic rings. The van der Waals surface area contributed by atoms with Crippen molar-refractivity contribution in [3.8, 4) is 17.2 Å². The molecular weight excluding hydrogens is 339 g/mol. The van der Waals surface area contributed by atoms with Gasteiger partial charge in [-0.05, 0) is 19.9 Å². The Morgan fingerprint density at radius 2 is 1.96 bits per heavy atom. The van der Waals surface area contributed by atoms with Crippen LogP contribution in [0.2, 0.25) is 0 Å². The third kappa shape index (κ3) is 3.42. The van der Waals surface area contributed by atoms with Gasteiger partial charge < -0.3 is 14.5 Å². The van der Waals surface area contributed by atoms with E-state index in [9.17, 15) is 18.0 Å². The van der Waals surface area contributed by atoms with E-state index in [0.29, 0.717) is 0 Å². The molecule has 6 nitrogen and oxygen atoms in total. The first-order valence-corrected chi connectivity index (χ1v) is 7.08. The van der Waals surface area contributed by atoms with Crippen molar-refractivity contribution in [3.05, 3.63) is 51.0 Å². The van der Waals surface area contributed by atoms with Gasteiger partial charge in [0.25, 0.3) is 12.0 Å². The van der Waals surface area contributed by atoms with Crippen molar-refractivity contribution in [2.45, 2.75) is 26.4 Å². The summed E-state index contributed by atoms with van der Waals surface area (Å²) in [5.41, 5.74) is -1.77. The molecule has 2 aromatic rings. The summed E-state index contributed by atoms with van der Waals surface area (Å²) in [7, 11) is 1.23. The maximum Gasteiger partial charge on any atom is 0.294 e. The summed E-state index contributed by atoms with van der Waals surface area (Å²) < 4.78 is 50.7. The Morgan fingerprint density at radius 3 is 2.48 bits per heavy atom. The van der Waals surface area contributed by atoms with Crippen LogP contribution in [0, 0.1) is 13.5 Å². The maximum absolute atomic E-state index is 13.7. The topological polar surface area (TPSA) is 68.6 Å². The lowest BCUT2D eigenvalue weighted by atomic mass is 10.1. The molecule has 1 atom stereocenters. The number of benzene rings is 1. The second-order valence-electron chi connectivity index (χ2n) is 5.05. The minimum atomic E-state index is -2.87. The van der Waals surface area contributed by atoms with Crippen LogP contribution in [0.1, 0.15) is 36.3 Å². The third-order valence-corrected chi connectivity index (χ3v) is 3.48. The fraction of sp³-hybridized carbons (Fsp3) is 0.312. The Hall–Kier alpha value is -3.02. The Bertz CT molecular complexity index is 889. The number of hydrogen-bond acceptors (Lipinski definition) is 4. The smallest absolute Gasteiger partial charge is 0.294 e. The van der Waals surface area contributed by atoms with Gasteiger partial charge in [-0.3, -0.25) is 4.79 Å². The minimum Gasteiger partial charge on any atom is -0.504 e. The second-order valence-corrected chi connectivity index (χ2v) is 5.05. The van der Waals surface area contributed by atoms with Crippen molar-refractivity contribution >= 4 is 5.69 Å². The van der Waals surface area contributed by atoms with Crippen LogP contribution in [0.25, 0.3) is 4.85 Å². The Labute approximate surface area is 141 Å². The molecule has 1 unspecified atom stereocenters. The molecule has 0 aliphatic heterocycles. The Morgan fingerprint density at radius 1 is 1.28 bits per heavy atom. The molecule has 1 N–H and O–H groups in total. The first-order chi connectivity index (χ1) is 11.8. The molecule has 0 fully saturated rings. The van der Waals surface area contributed by atoms with Crippen molar-refractivity contribution in [1.29, 1.82) is 0 Å². The molecule has 0 spiro atoms. The van der Waals surface area contributed by atoms with E-state index in [0.717, 1.165) is 19.3 Å². The van der Waals surface area contributed by atoms with Gasteiger partial charge in [0.05, 0.1) is 20.0 Å². The van der Waals surface area contributed by atoms with Crippen LogP contribution in [-0.2, 0) is 0 Å². The number of H-pyrrole nitrogens is 1. The van der Waals surface area contributed by atoms with Gasteiger partial charge >= 0.3 is 0 Å². The number of nitrogens with zero attached hydrogens (tertiary/aromatic N) is 2. The predicted molar refractivity (Wildman–Crippen MR) is 83.4 cm³/mol. The number of alkyl halides is 3. The number of aromatic amines is 1. The van der Waals surface area contributed by atoms with Gasteiger partial charge in [0.1, 0.15) is 11.9 Å². The molecule has 0 saturated heterocycles. The van der Waals surface area contributed by atoms with Crippen LogP contribution in [-0.4, -0.2) is 17.1 Å². The van der Waals surface area contributed by atoms with Crippen LogP contribution in [0.3, 0.4) is 0 Å². The number of hydrogen-bond donors (Lipinski definition) is 1. The molecule has 2 rings (SSSR count). The normalized spacial score (nSPS) is 11.9. The highest BCUT2D eigenvalue weighted by Crippen LogP contribution is 2.46. The first-order valence-electron chi connectivity index (χ1n) is 7.08. The molecule has 0 bridgehead atoms. The highest BCUT2D eigenvalue weighted by Gasteiger charge is 2.25. The number of methoxy groups -OCH3 is 1. The highest BCUT2D eigenvalue weighted by atomic mass is 19.3. The quantitative estimate of drug-likeness (QED) is 0.809. The zero-order valence-corrected chi connectivity index (χ0v) is 13.6. The van der Waals surface area contributed by atoms with Gasteiger partial charge in [-0.2, -0.15) is 0 Å². The van der Waals surface area contributed by atoms with Crippen LogP contribution in [0.4, 0.5) is 18.9 Å². The van der Waals surface area contributed by atoms with E-state index in [2.05, 4.69) is 14.8 Å². The predicted octanol–water partition coefficient (Wildman–Crippen LogP) is 4.40. The molecule has 0 aliphatic carbocycles. The minimum absolute atomic E-state index is 0.0278. The van der Waals surface area contributed by atoms with Gasteiger partial charge in [0.2, 0.25) is 11.4 Å². The Kier molecular flexibility index (Phi) is 5.32. The summed E-state index contributed by atoms with van der Waals surface area (Å²) in [5.74, 6) is -0.870. The third-order valence-electron chi connectivity index (χ3n) is 3.48.